The lowest BCUT2D eigenvalue weighted by Gasteiger charge is -2.09. The van der Waals surface area contributed by atoms with Crippen molar-refractivity contribution in [2.75, 3.05) is 6.54 Å². The van der Waals surface area contributed by atoms with Gasteiger partial charge in [-0.2, -0.15) is 23.4 Å². The second-order valence-electron chi connectivity index (χ2n) is 4.48. The van der Waals surface area contributed by atoms with E-state index in [1.165, 1.54) is 6.92 Å². The van der Waals surface area contributed by atoms with Crippen molar-refractivity contribution in [3.05, 3.63) is 28.7 Å². The average molecular weight is 285 g/mol. The van der Waals surface area contributed by atoms with E-state index in [1.54, 1.807) is 13.0 Å². The zero-order valence-electron chi connectivity index (χ0n) is 11.0. The van der Waals surface area contributed by atoms with Crippen molar-refractivity contribution >= 4 is 0 Å². The predicted molar refractivity (Wildman–Crippen MR) is 66.8 cm³/mol. The van der Waals surface area contributed by atoms with E-state index in [4.69, 9.17) is 5.73 Å². The fraction of sp³-hybridized carbons (Fsp3) is 0.417. The van der Waals surface area contributed by atoms with E-state index >= 15 is 0 Å². The third-order valence-electron chi connectivity index (χ3n) is 2.89. The number of nitrogens with zero attached hydrogens (tertiary/aromatic N) is 3. The lowest BCUT2D eigenvalue weighted by atomic mass is 10.0. The maximum Gasteiger partial charge on any atom is 0.435 e. The Balaban J connectivity index is 2.55. The van der Waals surface area contributed by atoms with Crippen LogP contribution in [0.3, 0.4) is 0 Å². The number of aromatic amines is 1. The molecule has 0 fully saturated rings. The summed E-state index contributed by atoms with van der Waals surface area (Å²) in [5.41, 5.74) is 6.15. The molecule has 2 heterocycles. The van der Waals surface area contributed by atoms with E-state index in [0.717, 1.165) is 0 Å². The first-order valence-corrected chi connectivity index (χ1v) is 6.00. The monoisotopic (exact) mass is 285 g/mol. The van der Waals surface area contributed by atoms with Gasteiger partial charge in [-0.1, -0.05) is 0 Å². The third kappa shape index (κ3) is 2.64. The van der Waals surface area contributed by atoms with Crippen molar-refractivity contribution in [3.63, 3.8) is 0 Å². The van der Waals surface area contributed by atoms with Gasteiger partial charge in [-0.05, 0) is 32.0 Å². The molecule has 0 saturated heterocycles. The van der Waals surface area contributed by atoms with Gasteiger partial charge in [-0.25, -0.2) is 0 Å². The first-order chi connectivity index (χ1) is 9.34. The van der Waals surface area contributed by atoms with E-state index in [9.17, 15) is 13.2 Å². The number of hydrogen-bond donors (Lipinski definition) is 2. The average Bonchev–Trinajstić information content (AvgIpc) is 2.72. The minimum Gasteiger partial charge on any atom is -0.330 e. The van der Waals surface area contributed by atoms with Crippen molar-refractivity contribution in [2.24, 2.45) is 5.73 Å². The zero-order valence-corrected chi connectivity index (χ0v) is 11.0. The summed E-state index contributed by atoms with van der Waals surface area (Å²) in [6.45, 7) is 3.62. The second-order valence-corrected chi connectivity index (χ2v) is 4.48. The molecule has 0 spiro atoms. The summed E-state index contributed by atoms with van der Waals surface area (Å²) in [7, 11) is 0. The Hall–Kier alpha value is -1.96. The largest absolute Gasteiger partial charge is 0.435 e. The number of nitrogens with one attached hydrogen (secondary N) is 1. The third-order valence-corrected chi connectivity index (χ3v) is 2.89. The molecule has 0 aromatic carbocycles. The standard InChI is InChI=1S/C12H14F3N5/c1-6-5-8(3-4-16)18-19-10(6)9-7(2)17-20-11(9)12(13,14)15/h5H,3-4,16H2,1-2H3,(H,17,20). The maximum absolute atomic E-state index is 12.9. The van der Waals surface area contributed by atoms with Crippen LogP contribution in [0.5, 0.6) is 0 Å². The van der Waals surface area contributed by atoms with E-state index < -0.39 is 11.9 Å². The molecule has 0 unspecified atom stereocenters. The number of nitrogens with two attached hydrogens (primary N) is 1. The SMILES string of the molecule is Cc1cc(CCN)nnc1-c1c(C(F)(F)F)n[nH]c1C. The van der Waals surface area contributed by atoms with Crippen LogP contribution in [0, 0.1) is 13.8 Å². The van der Waals surface area contributed by atoms with Crippen molar-refractivity contribution in [2.45, 2.75) is 26.4 Å². The van der Waals surface area contributed by atoms with Crippen molar-refractivity contribution in [3.8, 4) is 11.3 Å². The molecule has 0 bridgehead atoms. The van der Waals surface area contributed by atoms with Gasteiger partial charge in [0.1, 0.15) is 0 Å². The molecule has 2 rings (SSSR count). The molecule has 2 aromatic rings. The summed E-state index contributed by atoms with van der Waals surface area (Å²) in [4.78, 5) is 0. The Morgan fingerprint density at radius 3 is 2.50 bits per heavy atom. The van der Waals surface area contributed by atoms with Gasteiger partial charge in [0, 0.05) is 12.1 Å². The van der Waals surface area contributed by atoms with Crippen LogP contribution in [0.4, 0.5) is 13.2 Å². The molecule has 3 N–H and O–H groups in total. The molecule has 2 aromatic heterocycles. The molecular weight excluding hydrogens is 271 g/mol. The van der Waals surface area contributed by atoms with Gasteiger partial charge in [0.15, 0.2) is 5.69 Å². The van der Waals surface area contributed by atoms with E-state index in [2.05, 4.69) is 20.4 Å². The van der Waals surface area contributed by atoms with Gasteiger partial charge in [0.2, 0.25) is 0 Å². The number of halogens is 3. The Morgan fingerprint density at radius 1 is 1.25 bits per heavy atom. The maximum atomic E-state index is 12.9. The summed E-state index contributed by atoms with van der Waals surface area (Å²) in [6, 6.07) is 1.70. The summed E-state index contributed by atoms with van der Waals surface area (Å²) in [5.74, 6) is 0. The smallest absolute Gasteiger partial charge is 0.330 e. The lowest BCUT2D eigenvalue weighted by molar-refractivity contribution is -0.140. The first-order valence-electron chi connectivity index (χ1n) is 6.00. The number of aromatic nitrogens is 4. The van der Waals surface area contributed by atoms with Gasteiger partial charge in [-0.3, -0.25) is 5.10 Å². The minimum atomic E-state index is -4.54. The number of rotatable bonds is 3. The van der Waals surface area contributed by atoms with Crippen LogP contribution in [0.15, 0.2) is 6.07 Å². The van der Waals surface area contributed by atoms with Gasteiger partial charge in [0.05, 0.1) is 17.0 Å². The predicted octanol–water partition coefficient (Wildman–Crippen LogP) is 2.00. The van der Waals surface area contributed by atoms with Crippen molar-refractivity contribution in [1.82, 2.24) is 20.4 Å². The molecule has 0 saturated carbocycles. The Kier molecular flexibility index (Phi) is 3.76. The van der Waals surface area contributed by atoms with Gasteiger partial charge >= 0.3 is 6.18 Å². The van der Waals surface area contributed by atoms with Crippen LogP contribution >= 0.6 is 0 Å². The van der Waals surface area contributed by atoms with Crippen LogP contribution in [0.2, 0.25) is 0 Å². The molecule has 0 aliphatic rings. The number of aryl methyl sites for hydroxylation is 2. The fourth-order valence-electron chi connectivity index (χ4n) is 1.98. The molecule has 8 heteroatoms. The van der Waals surface area contributed by atoms with Crippen LogP contribution < -0.4 is 5.73 Å². The quantitative estimate of drug-likeness (QED) is 0.904. The van der Waals surface area contributed by atoms with Crippen LogP contribution in [0.25, 0.3) is 11.3 Å². The van der Waals surface area contributed by atoms with E-state index in [-0.39, 0.29) is 11.3 Å². The van der Waals surface area contributed by atoms with E-state index in [0.29, 0.717) is 29.9 Å². The Morgan fingerprint density at radius 2 is 1.95 bits per heavy atom. The summed E-state index contributed by atoms with van der Waals surface area (Å²) in [5, 5.41) is 13.5. The highest BCUT2D eigenvalue weighted by Crippen LogP contribution is 2.37. The highest BCUT2D eigenvalue weighted by atomic mass is 19.4. The van der Waals surface area contributed by atoms with Gasteiger partial charge < -0.3 is 5.73 Å². The van der Waals surface area contributed by atoms with Gasteiger partial charge in [-0.15, -0.1) is 5.10 Å². The van der Waals surface area contributed by atoms with Crippen molar-refractivity contribution < 1.29 is 13.2 Å². The highest BCUT2D eigenvalue weighted by molar-refractivity contribution is 5.68. The van der Waals surface area contributed by atoms with Crippen LogP contribution in [0.1, 0.15) is 22.6 Å². The Bertz CT molecular complexity index is 618. The van der Waals surface area contributed by atoms with Gasteiger partial charge in [0.25, 0.3) is 0 Å². The molecule has 0 radical (unpaired) electrons. The number of alkyl halides is 3. The molecule has 0 amide bonds. The minimum absolute atomic E-state index is 0.0539. The van der Waals surface area contributed by atoms with E-state index in [1.807, 2.05) is 0 Å². The molecule has 0 atom stereocenters. The number of hydrogen-bond acceptors (Lipinski definition) is 4. The lowest BCUT2D eigenvalue weighted by Crippen LogP contribution is -2.10. The van der Waals surface area contributed by atoms with Crippen molar-refractivity contribution in [1.29, 1.82) is 0 Å². The molecule has 108 valence electrons. The van der Waals surface area contributed by atoms with Crippen LogP contribution in [-0.4, -0.2) is 26.9 Å². The molecule has 5 nitrogen and oxygen atoms in total. The second kappa shape index (κ2) is 5.20. The Labute approximate surface area is 113 Å². The first kappa shape index (κ1) is 14.4. The fourth-order valence-corrected chi connectivity index (χ4v) is 1.98. The van der Waals surface area contributed by atoms with Crippen LogP contribution in [-0.2, 0) is 12.6 Å². The normalized spacial score (nSPS) is 11.9. The zero-order chi connectivity index (χ0) is 14.9. The molecule has 0 aliphatic carbocycles. The number of H-pyrrole nitrogens is 1. The topological polar surface area (TPSA) is 80.5 Å². The molecule has 0 aliphatic heterocycles. The highest BCUT2D eigenvalue weighted by Gasteiger charge is 2.38. The molecule has 20 heavy (non-hydrogen) atoms. The summed E-state index contributed by atoms with van der Waals surface area (Å²) < 4.78 is 38.8. The summed E-state index contributed by atoms with van der Waals surface area (Å²) >= 11 is 0. The summed E-state index contributed by atoms with van der Waals surface area (Å²) in [6.07, 6.45) is -4.01. The molecular formula is C12H14F3N5.